The van der Waals surface area contributed by atoms with Crippen LogP contribution in [-0.2, 0) is 9.53 Å². The van der Waals surface area contributed by atoms with Crippen LogP contribution >= 0.6 is 0 Å². The first-order chi connectivity index (χ1) is 7.13. The van der Waals surface area contributed by atoms with Crippen LogP contribution in [0.25, 0.3) is 0 Å². The summed E-state index contributed by atoms with van der Waals surface area (Å²) in [6.45, 7) is 6.33. The van der Waals surface area contributed by atoms with Gasteiger partial charge in [-0.3, -0.25) is 9.69 Å². The van der Waals surface area contributed by atoms with Gasteiger partial charge in [0.15, 0.2) is 0 Å². The van der Waals surface area contributed by atoms with Crippen molar-refractivity contribution in [3.8, 4) is 0 Å². The molecular weight excluding hydrogens is 194 g/mol. The van der Waals surface area contributed by atoms with E-state index in [1.54, 1.807) is 0 Å². The monoisotopic (exact) mass is 215 g/mol. The summed E-state index contributed by atoms with van der Waals surface area (Å²) in [7, 11) is 0. The Hall–Kier alpha value is -0.610. The topological polar surface area (TPSA) is 49.8 Å². The summed E-state index contributed by atoms with van der Waals surface area (Å²) in [4.78, 5) is 12.7. The van der Waals surface area contributed by atoms with E-state index in [-0.39, 0.29) is 12.6 Å². The van der Waals surface area contributed by atoms with Gasteiger partial charge in [0.05, 0.1) is 13.2 Å². The summed E-state index contributed by atoms with van der Waals surface area (Å²) in [6.07, 6.45) is 2.49. The predicted octanol–water partition coefficient (Wildman–Crippen LogP) is 1.21. The molecule has 4 nitrogen and oxygen atoms in total. The summed E-state index contributed by atoms with van der Waals surface area (Å²) >= 11 is 0. The van der Waals surface area contributed by atoms with Crippen LogP contribution in [0, 0.1) is 5.92 Å². The molecule has 0 heterocycles. The number of aliphatic carboxylic acids is 1. The van der Waals surface area contributed by atoms with Crippen LogP contribution in [0.1, 0.15) is 26.7 Å². The van der Waals surface area contributed by atoms with Gasteiger partial charge in [-0.1, -0.05) is 0 Å². The maximum Gasteiger partial charge on any atom is 0.317 e. The fourth-order valence-corrected chi connectivity index (χ4v) is 1.60. The van der Waals surface area contributed by atoms with Gasteiger partial charge >= 0.3 is 5.97 Å². The number of ether oxygens (including phenoxy) is 1. The number of carbonyl (C=O) groups is 1. The lowest BCUT2D eigenvalue weighted by Gasteiger charge is -2.27. The third-order valence-electron chi connectivity index (χ3n) is 2.71. The molecule has 1 fully saturated rings. The SMILES string of the molecule is CCOCC(C)N(CC(=O)O)CC1CC1. The molecule has 1 unspecified atom stereocenters. The van der Waals surface area contributed by atoms with E-state index in [0.29, 0.717) is 19.1 Å². The number of hydrogen-bond acceptors (Lipinski definition) is 3. The van der Waals surface area contributed by atoms with E-state index in [1.165, 1.54) is 12.8 Å². The van der Waals surface area contributed by atoms with Crippen LogP contribution in [0.5, 0.6) is 0 Å². The highest BCUT2D eigenvalue weighted by Gasteiger charge is 2.27. The summed E-state index contributed by atoms with van der Waals surface area (Å²) in [5, 5.41) is 8.81. The van der Waals surface area contributed by atoms with Crippen molar-refractivity contribution in [2.24, 2.45) is 5.92 Å². The lowest BCUT2D eigenvalue weighted by molar-refractivity contribution is -0.139. The van der Waals surface area contributed by atoms with E-state index in [9.17, 15) is 4.79 Å². The molecule has 0 saturated heterocycles. The Bertz CT molecular complexity index is 204. The fourth-order valence-electron chi connectivity index (χ4n) is 1.60. The molecule has 0 aliphatic heterocycles. The number of nitrogens with zero attached hydrogens (tertiary/aromatic N) is 1. The number of hydrogen-bond donors (Lipinski definition) is 1. The van der Waals surface area contributed by atoms with Crippen LogP contribution in [0.2, 0.25) is 0 Å². The Kier molecular flexibility index (Phi) is 5.05. The second-order valence-electron chi connectivity index (χ2n) is 4.28. The molecule has 1 aliphatic carbocycles. The highest BCUT2D eigenvalue weighted by Crippen LogP contribution is 2.30. The smallest absolute Gasteiger partial charge is 0.317 e. The number of rotatable bonds is 8. The third-order valence-corrected chi connectivity index (χ3v) is 2.71. The Balaban J connectivity index is 2.34. The molecule has 0 radical (unpaired) electrons. The molecule has 0 aromatic carbocycles. The molecule has 15 heavy (non-hydrogen) atoms. The minimum Gasteiger partial charge on any atom is -0.480 e. The molecule has 1 N–H and O–H groups in total. The van der Waals surface area contributed by atoms with E-state index in [4.69, 9.17) is 9.84 Å². The van der Waals surface area contributed by atoms with E-state index in [2.05, 4.69) is 0 Å². The van der Waals surface area contributed by atoms with E-state index < -0.39 is 5.97 Å². The Morgan fingerprint density at radius 2 is 2.27 bits per heavy atom. The average Bonchev–Trinajstić information content (AvgIpc) is 2.96. The Labute approximate surface area is 91.2 Å². The zero-order valence-electron chi connectivity index (χ0n) is 9.61. The molecule has 1 saturated carbocycles. The highest BCUT2D eigenvalue weighted by atomic mass is 16.5. The molecule has 0 amide bonds. The quantitative estimate of drug-likeness (QED) is 0.661. The largest absolute Gasteiger partial charge is 0.480 e. The molecular formula is C11H21NO3. The van der Waals surface area contributed by atoms with Crippen molar-refractivity contribution < 1.29 is 14.6 Å². The highest BCUT2D eigenvalue weighted by molar-refractivity contribution is 5.69. The molecule has 0 aromatic heterocycles. The van der Waals surface area contributed by atoms with Crippen LogP contribution < -0.4 is 0 Å². The third kappa shape index (κ3) is 5.14. The van der Waals surface area contributed by atoms with Crippen molar-refractivity contribution in [3.05, 3.63) is 0 Å². The normalized spacial score (nSPS) is 18.1. The second kappa shape index (κ2) is 6.08. The Morgan fingerprint density at radius 1 is 1.60 bits per heavy atom. The lowest BCUT2D eigenvalue weighted by atomic mass is 10.2. The van der Waals surface area contributed by atoms with E-state index in [0.717, 1.165) is 6.54 Å². The summed E-state index contributed by atoms with van der Waals surface area (Å²) in [6, 6.07) is 0.196. The van der Waals surface area contributed by atoms with Gasteiger partial charge in [-0.15, -0.1) is 0 Å². The van der Waals surface area contributed by atoms with E-state index >= 15 is 0 Å². The predicted molar refractivity (Wildman–Crippen MR) is 57.9 cm³/mol. The van der Waals surface area contributed by atoms with E-state index in [1.807, 2.05) is 18.7 Å². The van der Waals surface area contributed by atoms with Crippen LogP contribution in [0.15, 0.2) is 0 Å². The van der Waals surface area contributed by atoms with Crippen molar-refractivity contribution in [3.63, 3.8) is 0 Å². The average molecular weight is 215 g/mol. The van der Waals surface area contributed by atoms with Crippen molar-refractivity contribution in [2.75, 3.05) is 26.3 Å². The molecule has 1 atom stereocenters. The zero-order chi connectivity index (χ0) is 11.3. The molecule has 0 spiro atoms. The van der Waals surface area contributed by atoms with Crippen LogP contribution in [0.3, 0.4) is 0 Å². The van der Waals surface area contributed by atoms with Crippen molar-refractivity contribution in [1.82, 2.24) is 4.90 Å². The molecule has 1 rings (SSSR count). The summed E-state index contributed by atoms with van der Waals surface area (Å²) < 4.78 is 5.33. The first-order valence-electron chi connectivity index (χ1n) is 5.67. The van der Waals surface area contributed by atoms with Gasteiger partial charge in [0.25, 0.3) is 0 Å². The maximum atomic E-state index is 10.7. The van der Waals surface area contributed by atoms with Crippen molar-refractivity contribution >= 4 is 5.97 Å². The molecule has 0 aromatic rings. The van der Waals surface area contributed by atoms with Gasteiger partial charge in [0, 0.05) is 19.2 Å². The molecule has 88 valence electrons. The zero-order valence-corrected chi connectivity index (χ0v) is 9.61. The van der Waals surface area contributed by atoms with Gasteiger partial charge < -0.3 is 9.84 Å². The molecule has 4 heteroatoms. The second-order valence-corrected chi connectivity index (χ2v) is 4.28. The van der Waals surface area contributed by atoms with Gasteiger partial charge in [0.2, 0.25) is 0 Å². The standard InChI is InChI=1S/C11H21NO3/c1-3-15-8-9(2)12(7-11(13)14)6-10-4-5-10/h9-10H,3-8H2,1-2H3,(H,13,14). The Morgan fingerprint density at radius 3 is 2.73 bits per heavy atom. The number of carboxylic acid groups (broad SMARTS) is 1. The van der Waals surface area contributed by atoms with Crippen LogP contribution in [0.4, 0.5) is 0 Å². The van der Waals surface area contributed by atoms with Gasteiger partial charge in [-0.25, -0.2) is 0 Å². The number of carboxylic acids is 1. The molecule has 0 bridgehead atoms. The molecule has 1 aliphatic rings. The fraction of sp³-hybridized carbons (Fsp3) is 0.909. The van der Waals surface area contributed by atoms with Crippen molar-refractivity contribution in [2.45, 2.75) is 32.7 Å². The van der Waals surface area contributed by atoms with Gasteiger partial charge in [0.1, 0.15) is 0 Å². The minimum absolute atomic E-state index is 0.130. The van der Waals surface area contributed by atoms with Gasteiger partial charge in [-0.05, 0) is 32.6 Å². The lowest BCUT2D eigenvalue weighted by Crippen LogP contribution is -2.41. The first kappa shape index (κ1) is 12.5. The first-order valence-corrected chi connectivity index (χ1v) is 5.67. The minimum atomic E-state index is -0.751. The summed E-state index contributed by atoms with van der Waals surface area (Å²) in [5.41, 5.74) is 0. The van der Waals surface area contributed by atoms with Crippen molar-refractivity contribution in [1.29, 1.82) is 0 Å². The van der Waals surface area contributed by atoms with Gasteiger partial charge in [-0.2, -0.15) is 0 Å². The van der Waals surface area contributed by atoms with Crippen LogP contribution in [-0.4, -0.2) is 48.3 Å². The maximum absolute atomic E-state index is 10.7. The summed E-state index contributed by atoms with van der Waals surface area (Å²) in [5.74, 6) is -0.0348.